The van der Waals surface area contributed by atoms with Crippen LogP contribution in [0.3, 0.4) is 0 Å². The minimum absolute atomic E-state index is 0.154. The van der Waals surface area contributed by atoms with E-state index in [0.717, 1.165) is 44.2 Å². The number of aryl methyl sites for hydroxylation is 1. The fourth-order valence-corrected chi connectivity index (χ4v) is 7.51. The second-order valence-corrected chi connectivity index (χ2v) is 15.9. The van der Waals surface area contributed by atoms with E-state index in [0.29, 0.717) is 34.7 Å². The third kappa shape index (κ3) is 6.24. The lowest BCUT2D eigenvalue weighted by atomic mass is 9.78. The number of fused-ring (bicyclic) bond motifs is 3. The van der Waals surface area contributed by atoms with Gasteiger partial charge < -0.3 is 15.7 Å². The summed E-state index contributed by atoms with van der Waals surface area (Å²) in [6, 6.07) is 28.6. The van der Waals surface area contributed by atoms with Gasteiger partial charge in [0.2, 0.25) is 5.91 Å². The zero-order valence-electron chi connectivity index (χ0n) is 30.1. The number of hydrogen-bond acceptors (Lipinski definition) is 5. The smallest absolute Gasteiger partial charge is 0.224 e. The molecule has 2 unspecified atom stereocenters. The van der Waals surface area contributed by atoms with Crippen LogP contribution in [0.15, 0.2) is 97.1 Å². The summed E-state index contributed by atoms with van der Waals surface area (Å²) in [6.45, 7) is 12.5. The van der Waals surface area contributed by atoms with E-state index in [1.807, 2.05) is 103 Å². The molecule has 0 fully saturated rings. The van der Waals surface area contributed by atoms with Crippen LogP contribution in [0.1, 0.15) is 90.9 Å². The molecule has 0 aromatic heterocycles. The molecular formula is C45H44N2O4. The van der Waals surface area contributed by atoms with Gasteiger partial charge in [0.25, 0.3) is 0 Å². The molecule has 5 aromatic rings. The summed E-state index contributed by atoms with van der Waals surface area (Å²) in [6.07, 6.45) is 4.55. The molecule has 258 valence electrons. The zero-order chi connectivity index (χ0) is 36.2. The molecule has 1 amide bonds. The number of carbonyl (C=O) groups excluding carboxylic acids is 3. The van der Waals surface area contributed by atoms with Gasteiger partial charge in [-0.15, -0.1) is 0 Å². The average molecular weight is 677 g/mol. The normalized spacial score (nSPS) is 16.9. The maximum Gasteiger partial charge on any atom is 0.224 e. The molecule has 0 saturated heterocycles. The molecule has 1 aliphatic carbocycles. The molecule has 0 spiro atoms. The molecule has 0 bridgehead atoms. The monoisotopic (exact) mass is 676 g/mol. The highest BCUT2D eigenvalue weighted by molar-refractivity contribution is 6.32. The third-order valence-electron chi connectivity index (χ3n) is 10.1. The van der Waals surface area contributed by atoms with Gasteiger partial charge in [0.05, 0.1) is 17.4 Å². The standard InChI is InChI=1S/C45H44N2O4/c1-44(2,3)32-23-26(24-33(42(32)50)45(4,5)6)19-22-36(48)46-35-18-12-16-28-20-21-34(47-40(28)35)39-41(49)31-25-29-15-10-11-17-30(29)37(38(31)43(39)51)27-13-8-7-9-14-27/h7-18,20-21,23-25,34,39,47,50H,19,22H2,1-6H3,(H,46,48). The number of ketones is 2. The van der Waals surface area contributed by atoms with Crippen LogP contribution in [-0.2, 0) is 22.0 Å². The van der Waals surface area contributed by atoms with Crippen molar-refractivity contribution in [1.29, 1.82) is 0 Å². The Morgan fingerprint density at radius 2 is 1.45 bits per heavy atom. The summed E-state index contributed by atoms with van der Waals surface area (Å²) in [5.74, 6) is -1.19. The summed E-state index contributed by atoms with van der Waals surface area (Å²) in [5, 5.41) is 19.5. The van der Waals surface area contributed by atoms with E-state index in [4.69, 9.17) is 0 Å². The average Bonchev–Trinajstić information content (AvgIpc) is 3.34. The van der Waals surface area contributed by atoms with E-state index in [-0.39, 0.29) is 34.7 Å². The van der Waals surface area contributed by atoms with Crippen molar-refractivity contribution in [2.24, 2.45) is 5.92 Å². The molecule has 2 atom stereocenters. The highest BCUT2D eigenvalue weighted by Gasteiger charge is 2.45. The Balaban J connectivity index is 1.14. The fourth-order valence-electron chi connectivity index (χ4n) is 7.51. The van der Waals surface area contributed by atoms with E-state index in [1.165, 1.54) is 0 Å². The Kier molecular flexibility index (Phi) is 8.45. The van der Waals surface area contributed by atoms with Gasteiger partial charge in [-0.3, -0.25) is 14.4 Å². The Morgan fingerprint density at radius 1 is 0.784 bits per heavy atom. The predicted octanol–water partition coefficient (Wildman–Crippen LogP) is 9.88. The Labute approximate surface area is 299 Å². The van der Waals surface area contributed by atoms with Crippen molar-refractivity contribution in [3.63, 3.8) is 0 Å². The van der Waals surface area contributed by atoms with Gasteiger partial charge in [-0.05, 0) is 68.0 Å². The second-order valence-electron chi connectivity index (χ2n) is 15.9. The van der Waals surface area contributed by atoms with Gasteiger partial charge in [-0.25, -0.2) is 0 Å². The number of carbonyl (C=O) groups is 3. The zero-order valence-corrected chi connectivity index (χ0v) is 30.1. The maximum absolute atomic E-state index is 14.4. The Morgan fingerprint density at radius 3 is 2.14 bits per heavy atom. The molecule has 1 aliphatic heterocycles. The number of nitrogens with one attached hydrogen (secondary N) is 2. The molecule has 1 heterocycles. The molecule has 6 nitrogen and oxygen atoms in total. The second kappa shape index (κ2) is 12.7. The first-order valence-electron chi connectivity index (χ1n) is 17.7. The number of anilines is 2. The molecule has 51 heavy (non-hydrogen) atoms. The first kappa shape index (κ1) is 34.0. The van der Waals surface area contributed by atoms with Gasteiger partial charge >= 0.3 is 0 Å². The van der Waals surface area contributed by atoms with Crippen molar-refractivity contribution in [3.05, 3.63) is 130 Å². The highest BCUT2D eigenvalue weighted by Crippen LogP contribution is 2.44. The summed E-state index contributed by atoms with van der Waals surface area (Å²) >= 11 is 0. The molecule has 3 N–H and O–H groups in total. The van der Waals surface area contributed by atoms with Crippen molar-refractivity contribution in [3.8, 4) is 16.9 Å². The number of phenols is 1. The summed E-state index contributed by atoms with van der Waals surface area (Å²) in [4.78, 5) is 42.0. The van der Waals surface area contributed by atoms with Crippen LogP contribution >= 0.6 is 0 Å². The number of hydrogen-bond donors (Lipinski definition) is 3. The van der Waals surface area contributed by atoms with E-state index < -0.39 is 12.0 Å². The van der Waals surface area contributed by atoms with E-state index in [9.17, 15) is 19.5 Å². The Hall–Kier alpha value is -5.49. The highest BCUT2D eigenvalue weighted by atomic mass is 16.3. The molecule has 0 saturated carbocycles. The van der Waals surface area contributed by atoms with Crippen molar-refractivity contribution in [1.82, 2.24) is 0 Å². The third-order valence-corrected chi connectivity index (χ3v) is 10.1. The van der Waals surface area contributed by atoms with Gasteiger partial charge in [0.15, 0.2) is 11.6 Å². The van der Waals surface area contributed by atoms with Crippen molar-refractivity contribution in [2.75, 3.05) is 10.6 Å². The van der Waals surface area contributed by atoms with Gasteiger partial charge in [-0.2, -0.15) is 0 Å². The SMILES string of the molecule is CC(C)(C)c1cc(CCC(=O)Nc2cccc3c2NC(C2C(=O)c4cc5ccccc5c(-c5ccccc5)c4C2=O)C=C3)cc(C(C)(C)C)c1O. The number of aromatic hydroxyl groups is 1. The van der Waals surface area contributed by atoms with Crippen LogP contribution in [0.4, 0.5) is 11.4 Å². The largest absolute Gasteiger partial charge is 0.507 e. The number of amides is 1. The van der Waals surface area contributed by atoms with Crippen LogP contribution in [0.25, 0.3) is 28.0 Å². The first-order chi connectivity index (χ1) is 24.2. The summed E-state index contributed by atoms with van der Waals surface area (Å²) in [5.41, 5.74) is 6.93. The molecule has 2 aliphatic rings. The summed E-state index contributed by atoms with van der Waals surface area (Å²) in [7, 11) is 0. The predicted molar refractivity (Wildman–Crippen MR) is 207 cm³/mol. The maximum atomic E-state index is 14.4. The van der Waals surface area contributed by atoms with Crippen molar-refractivity contribution in [2.45, 2.75) is 71.3 Å². The van der Waals surface area contributed by atoms with Gasteiger partial charge in [0.1, 0.15) is 11.7 Å². The molecule has 0 radical (unpaired) electrons. The lowest BCUT2D eigenvalue weighted by Gasteiger charge is -2.28. The fraction of sp³-hybridized carbons (Fsp3) is 0.267. The van der Waals surface area contributed by atoms with E-state index >= 15 is 0 Å². The molecular weight excluding hydrogens is 633 g/mol. The minimum atomic E-state index is -0.948. The van der Waals surface area contributed by atoms with Crippen LogP contribution in [0.5, 0.6) is 5.75 Å². The van der Waals surface area contributed by atoms with E-state index in [2.05, 4.69) is 52.2 Å². The Bertz CT molecular complexity index is 2220. The van der Waals surface area contributed by atoms with Crippen molar-refractivity contribution < 1.29 is 19.5 Å². The number of para-hydroxylation sites is 1. The quantitative estimate of drug-likeness (QED) is 0.156. The van der Waals surface area contributed by atoms with Gasteiger partial charge in [0, 0.05) is 23.1 Å². The van der Waals surface area contributed by atoms with Crippen molar-refractivity contribution >= 4 is 45.7 Å². The molecule has 7 rings (SSSR count). The number of rotatable bonds is 6. The lowest BCUT2D eigenvalue weighted by Crippen LogP contribution is -2.36. The van der Waals surface area contributed by atoms with E-state index in [1.54, 1.807) is 0 Å². The van der Waals surface area contributed by atoms with Crippen LogP contribution < -0.4 is 10.6 Å². The van der Waals surface area contributed by atoms with Gasteiger partial charge in [-0.1, -0.05) is 133 Å². The number of Topliss-reactive ketones (excluding diaryl/α,β-unsaturated/α-hetero) is 2. The lowest BCUT2D eigenvalue weighted by molar-refractivity contribution is -0.116. The minimum Gasteiger partial charge on any atom is -0.507 e. The number of phenolic OH excluding ortho intramolecular Hbond substituents is 1. The first-order valence-corrected chi connectivity index (χ1v) is 17.7. The molecule has 6 heteroatoms. The van der Waals surface area contributed by atoms with Crippen LogP contribution in [0, 0.1) is 5.92 Å². The number of benzene rings is 5. The summed E-state index contributed by atoms with van der Waals surface area (Å²) < 4.78 is 0. The van der Waals surface area contributed by atoms with Crippen LogP contribution in [-0.4, -0.2) is 28.6 Å². The van der Waals surface area contributed by atoms with Crippen LogP contribution in [0.2, 0.25) is 0 Å². The topological polar surface area (TPSA) is 95.5 Å². The molecule has 5 aromatic carbocycles.